The Morgan fingerprint density at radius 3 is 3.10 bits per heavy atom. The summed E-state index contributed by atoms with van der Waals surface area (Å²) in [4.78, 5) is 19.9. The molecule has 6 nitrogen and oxygen atoms in total. The van der Waals surface area contributed by atoms with Crippen LogP contribution in [0.4, 0.5) is 0 Å². The first kappa shape index (κ1) is 15.5. The van der Waals surface area contributed by atoms with Gasteiger partial charge < -0.3 is 19.6 Å². The molecule has 1 unspecified atom stereocenters. The Labute approximate surface area is 124 Å². The summed E-state index contributed by atoms with van der Waals surface area (Å²) in [6.45, 7) is 2.56. The van der Waals surface area contributed by atoms with Gasteiger partial charge in [-0.05, 0) is 31.8 Å². The molecular formula is C15H21N3O3. The quantitative estimate of drug-likeness (QED) is 0.823. The van der Waals surface area contributed by atoms with Gasteiger partial charge in [-0.3, -0.25) is 9.78 Å². The summed E-state index contributed by atoms with van der Waals surface area (Å²) in [5.74, 6) is 0.0346. The molecule has 6 heteroatoms. The lowest BCUT2D eigenvalue weighted by atomic mass is 10.2. The van der Waals surface area contributed by atoms with Gasteiger partial charge in [0.05, 0.1) is 18.9 Å². The lowest BCUT2D eigenvalue weighted by molar-refractivity contribution is -0.133. The third-order valence-corrected chi connectivity index (χ3v) is 3.18. The number of hydrogen-bond donors (Lipinski definition) is 1. The first-order chi connectivity index (χ1) is 10.0. The maximum Gasteiger partial charge on any atom is 0.246 e. The van der Waals surface area contributed by atoms with E-state index in [1.54, 1.807) is 23.2 Å². The molecule has 1 N–H and O–H groups in total. The van der Waals surface area contributed by atoms with E-state index in [-0.39, 0.29) is 17.8 Å². The highest BCUT2D eigenvalue weighted by Gasteiger charge is 2.23. The van der Waals surface area contributed by atoms with Crippen molar-refractivity contribution < 1.29 is 14.6 Å². The average Bonchev–Trinajstić information content (AvgIpc) is 2.44. The number of morpholine rings is 1. The minimum absolute atomic E-state index is 0.0496. The molecule has 2 rings (SSSR count). The molecule has 2 heterocycles. The number of aromatic nitrogens is 1. The van der Waals surface area contributed by atoms with Gasteiger partial charge in [0, 0.05) is 31.9 Å². The van der Waals surface area contributed by atoms with E-state index in [1.165, 1.54) is 12.3 Å². The van der Waals surface area contributed by atoms with Crippen molar-refractivity contribution >= 4 is 12.0 Å². The Morgan fingerprint density at radius 1 is 1.57 bits per heavy atom. The smallest absolute Gasteiger partial charge is 0.246 e. The van der Waals surface area contributed by atoms with E-state index < -0.39 is 0 Å². The van der Waals surface area contributed by atoms with Crippen LogP contribution in [-0.2, 0) is 9.53 Å². The number of carbonyl (C=O) groups excluding carboxylic acids is 1. The molecule has 1 aliphatic rings. The Balaban J connectivity index is 1.93. The Bertz CT molecular complexity index is 517. The number of hydrogen-bond acceptors (Lipinski definition) is 5. The predicted molar refractivity (Wildman–Crippen MR) is 79.8 cm³/mol. The van der Waals surface area contributed by atoms with E-state index in [0.717, 1.165) is 6.54 Å². The van der Waals surface area contributed by atoms with E-state index >= 15 is 0 Å². The van der Waals surface area contributed by atoms with Crippen molar-refractivity contribution in [1.82, 2.24) is 14.8 Å². The summed E-state index contributed by atoms with van der Waals surface area (Å²) in [5, 5.41) is 9.33. The molecule has 1 amide bonds. The van der Waals surface area contributed by atoms with E-state index in [4.69, 9.17) is 4.74 Å². The molecule has 114 valence electrons. The van der Waals surface area contributed by atoms with Crippen molar-refractivity contribution in [2.45, 2.75) is 6.10 Å². The third-order valence-electron chi connectivity index (χ3n) is 3.18. The number of ether oxygens (including phenoxy) is 1. The van der Waals surface area contributed by atoms with Gasteiger partial charge in [0.2, 0.25) is 5.91 Å². The Kier molecular flexibility index (Phi) is 5.30. The van der Waals surface area contributed by atoms with Crippen LogP contribution in [0.1, 0.15) is 5.56 Å². The number of carbonyl (C=O) groups is 1. The Morgan fingerprint density at radius 2 is 2.38 bits per heavy atom. The molecule has 0 aliphatic carbocycles. The molecule has 0 bridgehead atoms. The van der Waals surface area contributed by atoms with Gasteiger partial charge in [-0.1, -0.05) is 0 Å². The second-order valence-corrected chi connectivity index (χ2v) is 5.35. The first-order valence-electron chi connectivity index (χ1n) is 6.92. The van der Waals surface area contributed by atoms with Gasteiger partial charge in [0.25, 0.3) is 0 Å². The van der Waals surface area contributed by atoms with Gasteiger partial charge in [0.15, 0.2) is 0 Å². The van der Waals surface area contributed by atoms with Crippen molar-refractivity contribution in [3.8, 4) is 5.75 Å². The Hall–Kier alpha value is -1.92. The zero-order valence-electron chi connectivity index (χ0n) is 12.4. The highest BCUT2D eigenvalue weighted by molar-refractivity contribution is 5.91. The summed E-state index contributed by atoms with van der Waals surface area (Å²) in [5.41, 5.74) is 0.696. The van der Waals surface area contributed by atoms with Crippen LogP contribution in [0.15, 0.2) is 24.5 Å². The summed E-state index contributed by atoms with van der Waals surface area (Å²) in [7, 11) is 3.97. The van der Waals surface area contributed by atoms with Gasteiger partial charge in [-0.2, -0.15) is 0 Å². The summed E-state index contributed by atoms with van der Waals surface area (Å²) in [6.07, 6.45) is 6.17. The maximum atomic E-state index is 12.2. The normalized spacial score (nSPS) is 19.4. The van der Waals surface area contributed by atoms with Crippen molar-refractivity contribution in [2.75, 3.05) is 40.3 Å². The first-order valence-corrected chi connectivity index (χ1v) is 6.92. The predicted octanol–water partition coefficient (Wildman–Crippen LogP) is 0.589. The summed E-state index contributed by atoms with van der Waals surface area (Å²) >= 11 is 0. The van der Waals surface area contributed by atoms with Gasteiger partial charge in [-0.25, -0.2) is 0 Å². The van der Waals surface area contributed by atoms with Crippen molar-refractivity contribution in [3.05, 3.63) is 30.1 Å². The van der Waals surface area contributed by atoms with E-state index in [0.29, 0.717) is 25.3 Å². The van der Waals surface area contributed by atoms with Gasteiger partial charge >= 0.3 is 0 Å². The topological polar surface area (TPSA) is 65.9 Å². The highest BCUT2D eigenvalue weighted by atomic mass is 16.5. The minimum atomic E-state index is -0.0506. The second-order valence-electron chi connectivity index (χ2n) is 5.35. The molecule has 1 aliphatic heterocycles. The molecule has 1 atom stereocenters. The number of pyridine rings is 1. The van der Waals surface area contributed by atoms with E-state index in [2.05, 4.69) is 4.98 Å². The lowest BCUT2D eigenvalue weighted by Gasteiger charge is -2.33. The van der Waals surface area contributed by atoms with Crippen LogP contribution in [-0.4, -0.2) is 72.2 Å². The van der Waals surface area contributed by atoms with Crippen molar-refractivity contribution in [2.24, 2.45) is 0 Å². The summed E-state index contributed by atoms with van der Waals surface area (Å²) < 4.78 is 5.64. The lowest BCUT2D eigenvalue weighted by Crippen LogP contribution is -2.48. The molecule has 0 radical (unpaired) electrons. The number of amides is 1. The standard InChI is InChI=1S/C15H21N3O3/c1-17(2)10-14-11-18(5-6-21-14)15(20)4-3-12-7-13(19)9-16-8-12/h3-4,7-9,14,19H,5-6,10-11H2,1-2H3/b4-3+. The monoisotopic (exact) mass is 291 g/mol. The molecule has 0 spiro atoms. The zero-order valence-corrected chi connectivity index (χ0v) is 12.4. The third kappa shape index (κ3) is 4.84. The fourth-order valence-electron chi connectivity index (χ4n) is 2.25. The van der Waals surface area contributed by atoms with E-state index in [9.17, 15) is 9.90 Å². The van der Waals surface area contributed by atoms with Crippen LogP contribution >= 0.6 is 0 Å². The van der Waals surface area contributed by atoms with Gasteiger partial charge in [-0.15, -0.1) is 0 Å². The van der Waals surface area contributed by atoms with Crippen LogP contribution in [0.5, 0.6) is 5.75 Å². The van der Waals surface area contributed by atoms with Crippen LogP contribution in [0.3, 0.4) is 0 Å². The number of rotatable bonds is 4. The highest BCUT2D eigenvalue weighted by Crippen LogP contribution is 2.11. The molecule has 0 saturated carbocycles. The molecular weight excluding hydrogens is 270 g/mol. The summed E-state index contributed by atoms with van der Waals surface area (Å²) in [6, 6.07) is 1.56. The van der Waals surface area contributed by atoms with E-state index in [1.807, 2.05) is 19.0 Å². The fourth-order valence-corrected chi connectivity index (χ4v) is 2.25. The number of nitrogens with zero attached hydrogens (tertiary/aromatic N) is 3. The van der Waals surface area contributed by atoms with Crippen molar-refractivity contribution in [1.29, 1.82) is 0 Å². The molecule has 1 fully saturated rings. The molecule has 1 aromatic heterocycles. The van der Waals surface area contributed by atoms with Gasteiger partial charge in [0.1, 0.15) is 5.75 Å². The van der Waals surface area contributed by atoms with Crippen LogP contribution < -0.4 is 0 Å². The average molecular weight is 291 g/mol. The van der Waals surface area contributed by atoms with Crippen molar-refractivity contribution in [3.63, 3.8) is 0 Å². The fraction of sp³-hybridized carbons (Fsp3) is 0.467. The number of aromatic hydroxyl groups is 1. The molecule has 1 saturated heterocycles. The second kappa shape index (κ2) is 7.19. The molecule has 1 aromatic rings. The van der Waals surface area contributed by atoms with Crippen LogP contribution in [0.25, 0.3) is 6.08 Å². The zero-order chi connectivity index (χ0) is 15.2. The number of likely N-dealkylation sites (N-methyl/N-ethyl adjacent to an activating group) is 1. The maximum absolute atomic E-state index is 12.2. The minimum Gasteiger partial charge on any atom is -0.506 e. The molecule has 0 aromatic carbocycles. The molecule has 21 heavy (non-hydrogen) atoms. The van der Waals surface area contributed by atoms with Crippen LogP contribution in [0.2, 0.25) is 0 Å². The van der Waals surface area contributed by atoms with Crippen LogP contribution in [0, 0.1) is 0 Å². The largest absolute Gasteiger partial charge is 0.506 e. The SMILES string of the molecule is CN(C)CC1CN(C(=O)/C=C/c2cncc(O)c2)CCO1.